The number of H-pyrrole nitrogens is 1. The number of hydrogen-bond acceptors (Lipinski definition) is 3. The van der Waals surface area contributed by atoms with Gasteiger partial charge in [0.15, 0.2) is 0 Å². The van der Waals surface area contributed by atoms with Crippen molar-refractivity contribution in [3.05, 3.63) is 88.0 Å². The zero-order valence-corrected chi connectivity index (χ0v) is 16.4. The SMILES string of the molecule is O=C(NC1CCCCC1)c1[nH]c(=O)c(Cc2ccccc2)nc1-c1ccccc1. The van der Waals surface area contributed by atoms with E-state index in [0.717, 1.165) is 36.8 Å². The van der Waals surface area contributed by atoms with Crippen LogP contribution in [-0.4, -0.2) is 21.9 Å². The highest BCUT2D eigenvalue weighted by Gasteiger charge is 2.22. The number of amides is 1. The third-order valence-electron chi connectivity index (χ3n) is 5.41. The first-order valence-electron chi connectivity index (χ1n) is 10.2. The lowest BCUT2D eigenvalue weighted by molar-refractivity contribution is 0.0922. The summed E-state index contributed by atoms with van der Waals surface area (Å²) in [5, 5.41) is 3.09. The van der Waals surface area contributed by atoms with E-state index >= 15 is 0 Å². The predicted molar refractivity (Wildman–Crippen MR) is 114 cm³/mol. The normalized spacial score (nSPS) is 14.5. The molecule has 1 amide bonds. The molecule has 1 aliphatic rings. The van der Waals surface area contributed by atoms with Crippen molar-refractivity contribution < 1.29 is 4.79 Å². The Balaban J connectivity index is 1.70. The molecule has 0 unspecified atom stereocenters. The minimum absolute atomic E-state index is 0.160. The van der Waals surface area contributed by atoms with E-state index in [4.69, 9.17) is 0 Å². The average Bonchev–Trinajstić information content (AvgIpc) is 2.77. The van der Waals surface area contributed by atoms with Crippen LogP contribution in [-0.2, 0) is 6.42 Å². The van der Waals surface area contributed by atoms with Crippen LogP contribution in [0.1, 0.15) is 53.8 Å². The van der Waals surface area contributed by atoms with Gasteiger partial charge >= 0.3 is 0 Å². The molecule has 5 heteroatoms. The summed E-state index contributed by atoms with van der Waals surface area (Å²) in [6.45, 7) is 0. The second-order valence-corrected chi connectivity index (χ2v) is 7.57. The molecule has 1 aliphatic carbocycles. The summed E-state index contributed by atoms with van der Waals surface area (Å²) in [5.41, 5.74) is 2.66. The van der Waals surface area contributed by atoms with Gasteiger partial charge in [0.05, 0.1) is 5.69 Å². The Labute approximate surface area is 170 Å². The van der Waals surface area contributed by atoms with Gasteiger partial charge < -0.3 is 10.3 Å². The minimum Gasteiger partial charge on any atom is -0.348 e. The molecule has 1 saturated carbocycles. The fourth-order valence-corrected chi connectivity index (χ4v) is 3.87. The summed E-state index contributed by atoms with van der Waals surface area (Å²) < 4.78 is 0. The number of aromatic amines is 1. The molecule has 0 radical (unpaired) electrons. The van der Waals surface area contributed by atoms with Crippen LogP contribution < -0.4 is 10.9 Å². The molecule has 148 valence electrons. The monoisotopic (exact) mass is 387 g/mol. The van der Waals surface area contributed by atoms with Crippen molar-refractivity contribution in [2.45, 2.75) is 44.6 Å². The number of carbonyl (C=O) groups excluding carboxylic acids is 1. The van der Waals surface area contributed by atoms with Crippen LogP contribution in [0.3, 0.4) is 0 Å². The van der Waals surface area contributed by atoms with Crippen molar-refractivity contribution in [1.82, 2.24) is 15.3 Å². The summed E-state index contributed by atoms with van der Waals surface area (Å²) in [6, 6.07) is 19.4. The van der Waals surface area contributed by atoms with Gasteiger partial charge in [-0.2, -0.15) is 0 Å². The van der Waals surface area contributed by atoms with Crippen LogP contribution in [0.5, 0.6) is 0 Å². The number of rotatable bonds is 5. The van der Waals surface area contributed by atoms with Crippen LogP contribution in [0.15, 0.2) is 65.5 Å². The Bertz CT molecular complexity index is 1020. The van der Waals surface area contributed by atoms with E-state index in [1.54, 1.807) is 0 Å². The predicted octanol–water partition coefficient (Wildman–Crippen LogP) is 4.09. The average molecular weight is 387 g/mol. The topological polar surface area (TPSA) is 74.8 Å². The Hall–Kier alpha value is -3.21. The summed E-state index contributed by atoms with van der Waals surface area (Å²) in [5.74, 6) is -0.258. The molecule has 5 nitrogen and oxygen atoms in total. The largest absolute Gasteiger partial charge is 0.348 e. The molecule has 2 N–H and O–H groups in total. The number of hydrogen-bond donors (Lipinski definition) is 2. The number of carbonyl (C=O) groups is 1. The van der Waals surface area contributed by atoms with Crippen LogP contribution in [0.4, 0.5) is 0 Å². The van der Waals surface area contributed by atoms with Crippen LogP contribution >= 0.6 is 0 Å². The van der Waals surface area contributed by atoms with E-state index in [2.05, 4.69) is 15.3 Å². The highest BCUT2D eigenvalue weighted by Crippen LogP contribution is 2.22. The maximum Gasteiger partial charge on any atom is 0.270 e. The first-order valence-corrected chi connectivity index (χ1v) is 10.2. The third kappa shape index (κ3) is 4.62. The number of benzene rings is 2. The van der Waals surface area contributed by atoms with Crippen LogP contribution in [0, 0.1) is 0 Å². The second kappa shape index (κ2) is 8.86. The van der Waals surface area contributed by atoms with Crippen LogP contribution in [0.25, 0.3) is 11.3 Å². The molecule has 0 spiro atoms. The Morgan fingerprint density at radius 1 is 0.966 bits per heavy atom. The maximum atomic E-state index is 13.0. The van der Waals surface area contributed by atoms with E-state index in [0.29, 0.717) is 17.8 Å². The zero-order valence-electron chi connectivity index (χ0n) is 16.4. The Morgan fingerprint density at radius 2 is 1.62 bits per heavy atom. The highest BCUT2D eigenvalue weighted by molar-refractivity contribution is 5.98. The standard InChI is InChI=1S/C24H25N3O2/c28-23-20(16-17-10-4-1-5-11-17)26-21(18-12-6-2-7-13-18)22(27-23)24(29)25-19-14-8-3-9-15-19/h1-2,4-7,10-13,19H,3,8-9,14-16H2,(H,25,29)(H,27,28). The summed E-state index contributed by atoms with van der Waals surface area (Å²) >= 11 is 0. The fourth-order valence-electron chi connectivity index (χ4n) is 3.87. The molecular weight excluding hydrogens is 362 g/mol. The number of nitrogens with zero attached hydrogens (tertiary/aromatic N) is 1. The molecule has 0 aliphatic heterocycles. The molecule has 3 aromatic rings. The van der Waals surface area contributed by atoms with E-state index in [1.807, 2.05) is 60.7 Å². The molecule has 0 saturated heterocycles. The molecule has 1 aromatic heterocycles. The summed E-state index contributed by atoms with van der Waals surface area (Å²) in [4.78, 5) is 33.2. The van der Waals surface area contributed by atoms with Crippen molar-refractivity contribution >= 4 is 5.91 Å². The number of nitrogens with one attached hydrogen (secondary N) is 2. The molecule has 1 heterocycles. The minimum atomic E-state index is -0.317. The van der Waals surface area contributed by atoms with Gasteiger partial charge in [-0.15, -0.1) is 0 Å². The van der Waals surface area contributed by atoms with Crippen molar-refractivity contribution in [2.24, 2.45) is 0 Å². The maximum absolute atomic E-state index is 13.0. The highest BCUT2D eigenvalue weighted by atomic mass is 16.2. The Morgan fingerprint density at radius 3 is 2.31 bits per heavy atom. The van der Waals surface area contributed by atoms with Gasteiger partial charge in [-0.25, -0.2) is 4.98 Å². The van der Waals surface area contributed by atoms with Gasteiger partial charge in [0, 0.05) is 18.0 Å². The molecule has 29 heavy (non-hydrogen) atoms. The lowest BCUT2D eigenvalue weighted by Crippen LogP contribution is -2.38. The van der Waals surface area contributed by atoms with Gasteiger partial charge in [0.25, 0.3) is 11.5 Å². The lowest BCUT2D eigenvalue weighted by atomic mass is 9.95. The van der Waals surface area contributed by atoms with Crippen molar-refractivity contribution in [1.29, 1.82) is 0 Å². The molecule has 1 fully saturated rings. The zero-order chi connectivity index (χ0) is 20.1. The van der Waals surface area contributed by atoms with E-state index < -0.39 is 0 Å². The van der Waals surface area contributed by atoms with Crippen molar-refractivity contribution in [3.63, 3.8) is 0 Å². The van der Waals surface area contributed by atoms with Crippen molar-refractivity contribution in [2.75, 3.05) is 0 Å². The van der Waals surface area contributed by atoms with E-state index in [-0.39, 0.29) is 23.2 Å². The second-order valence-electron chi connectivity index (χ2n) is 7.57. The van der Waals surface area contributed by atoms with Gasteiger partial charge in [0.2, 0.25) is 0 Å². The van der Waals surface area contributed by atoms with Gasteiger partial charge in [-0.1, -0.05) is 79.9 Å². The quantitative estimate of drug-likeness (QED) is 0.692. The first kappa shape index (κ1) is 19.1. The van der Waals surface area contributed by atoms with Gasteiger partial charge in [0.1, 0.15) is 11.4 Å². The fraction of sp³-hybridized carbons (Fsp3) is 0.292. The van der Waals surface area contributed by atoms with Crippen molar-refractivity contribution in [3.8, 4) is 11.3 Å². The lowest BCUT2D eigenvalue weighted by Gasteiger charge is -2.23. The van der Waals surface area contributed by atoms with E-state index in [9.17, 15) is 9.59 Å². The Kier molecular flexibility index (Phi) is 5.84. The van der Waals surface area contributed by atoms with Crippen LogP contribution in [0.2, 0.25) is 0 Å². The molecular formula is C24H25N3O2. The van der Waals surface area contributed by atoms with E-state index in [1.165, 1.54) is 6.42 Å². The molecule has 4 rings (SSSR count). The molecule has 2 aromatic carbocycles. The molecule has 0 atom stereocenters. The summed E-state index contributed by atoms with van der Waals surface area (Å²) in [6.07, 6.45) is 5.85. The smallest absolute Gasteiger partial charge is 0.270 e. The van der Waals surface area contributed by atoms with Gasteiger partial charge in [-0.05, 0) is 18.4 Å². The number of aromatic nitrogens is 2. The first-order chi connectivity index (χ1) is 14.2. The molecule has 0 bridgehead atoms. The third-order valence-corrected chi connectivity index (χ3v) is 5.41. The van der Waals surface area contributed by atoms with Gasteiger partial charge in [-0.3, -0.25) is 9.59 Å². The summed E-state index contributed by atoms with van der Waals surface area (Å²) in [7, 11) is 0.